The first-order valence-electron chi connectivity index (χ1n) is 4.01. The number of urea groups is 1. The van der Waals surface area contributed by atoms with Crippen LogP contribution >= 0.6 is 11.6 Å². The minimum atomic E-state index is -0.548. The quantitative estimate of drug-likeness (QED) is 0.702. The molecule has 0 fully saturated rings. The first-order chi connectivity index (χ1) is 6.51. The highest BCUT2D eigenvalue weighted by Crippen LogP contribution is 1.95. The summed E-state index contributed by atoms with van der Waals surface area (Å²) in [6, 6.07) is 1.44. The smallest absolute Gasteiger partial charge is 0.323 e. The molecular formula is C8H12ClN3O2. The maximum atomic E-state index is 11.2. The van der Waals surface area contributed by atoms with Gasteiger partial charge < -0.3 is 4.90 Å². The van der Waals surface area contributed by atoms with Gasteiger partial charge in [0.1, 0.15) is 5.88 Å². The molecular weight excluding hydrogens is 206 g/mol. The zero-order valence-electron chi connectivity index (χ0n) is 8.08. The van der Waals surface area contributed by atoms with E-state index in [2.05, 4.69) is 5.32 Å². The van der Waals surface area contributed by atoms with E-state index in [0.29, 0.717) is 0 Å². The molecule has 0 aliphatic carbocycles. The number of hydrogen-bond acceptors (Lipinski definition) is 3. The van der Waals surface area contributed by atoms with Crippen molar-refractivity contribution in [2.24, 2.45) is 5.92 Å². The van der Waals surface area contributed by atoms with Crippen molar-refractivity contribution >= 4 is 23.5 Å². The van der Waals surface area contributed by atoms with E-state index in [0.717, 1.165) is 0 Å². The van der Waals surface area contributed by atoms with Crippen molar-refractivity contribution < 1.29 is 9.59 Å². The van der Waals surface area contributed by atoms with Crippen molar-refractivity contribution in [1.82, 2.24) is 10.2 Å². The maximum absolute atomic E-state index is 11.2. The molecule has 6 heteroatoms. The summed E-state index contributed by atoms with van der Waals surface area (Å²) < 4.78 is 0. The van der Waals surface area contributed by atoms with Crippen LogP contribution in [-0.2, 0) is 4.79 Å². The van der Waals surface area contributed by atoms with Gasteiger partial charge in [0, 0.05) is 13.6 Å². The van der Waals surface area contributed by atoms with Gasteiger partial charge in [-0.15, -0.1) is 11.6 Å². The SMILES string of the molecule is CC(C#N)CN(C)C(=O)NC(=O)CCl. The van der Waals surface area contributed by atoms with E-state index in [9.17, 15) is 9.59 Å². The van der Waals surface area contributed by atoms with Crippen molar-refractivity contribution in [3.05, 3.63) is 0 Å². The Morgan fingerprint density at radius 2 is 2.21 bits per heavy atom. The first kappa shape index (κ1) is 12.7. The number of nitriles is 1. The van der Waals surface area contributed by atoms with Crippen LogP contribution in [0.3, 0.4) is 0 Å². The molecule has 1 atom stereocenters. The number of nitrogens with zero attached hydrogens (tertiary/aromatic N) is 2. The Balaban J connectivity index is 4.01. The van der Waals surface area contributed by atoms with E-state index < -0.39 is 11.9 Å². The van der Waals surface area contributed by atoms with E-state index in [4.69, 9.17) is 16.9 Å². The maximum Gasteiger partial charge on any atom is 0.323 e. The molecule has 3 amide bonds. The molecule has 0 heterocycles. The van der Waals surface area contributed by atoms with Gasteiger partial charge in [0.05, 0.1) is 12.0 Å². The third-order valence-electron chi connectivity index (χ3n) is 1.48. The number of alkyl halides is 1. The van der Waals surface area contributed by atoms with E-state index in [1.54, 1.807) is 6.92 Å². The van der Waals surface area contributed by atoms with Crippen molar-refractivity contribution in [3.63, 3.8) is 0 Å². The second kappa shape index (κ2) is 6.22. The predicted molar refractivity (Wildman–Crippen MR) is 51.7 cm³/mol. The van der Waals surface area contributed by atoms with Crippen LogP contribution in [0.25, 0.3) is 0 Å². The second-order valence-corrected chi connectivity index (χ2v) is 3.16. The summed E-state index contributed by atoms with van der Waals surface area (Å²) in [6.45, 7) is 1.96. The first-order valence-corrected chi connectivity index (χ1v) is 4.55. The molecule has 0 spiro atoms. The van der Waals surface area contributed by atoms with Crippen molar-refractivity contribution in [2.45, 2.75) is 6.92 Å². The van der Waals surface area contributed by atoms with Gasteiger partial charge in [0.25, 0.3) is 0 Å². The Kier molecular flexibility index (Phi) is 5.65. The summed E-state index contributed by atoms with van der Waals surface area (Å²) in [5.74, 6) is -1.07. The molecule has 1 unspecified atom stereocenters. The highest BCUT2D eigenvalue weighted by molar-refractivity contribution is 6.28. The Morgan fingerprint density at radius 3 is 2.64 bits per heavy atom. The summed E-state index contributed by atoms with van der Waals surface area (Å²) in [5, 5.41) is 10.6. The van der Waals surface area contributed by atoms with Gasteiger partial charge >= 0.3 is 6.03 Å². The summed E-state index contributed by atoms with van der Waals surface area (Å²) >= 11 is 5.20. The minimum absolute atomic E-state index is 0.257. The number of amides is 3. The highest BCUT2D eigenvalue weighted by atomic mass is 35.5. The monoisotopic (exact) mass is 217 g/mol. The molecule has 0 aromatic heterocycles. The predicted octanol–water partition coefficient (Wildman–Crippen LogP) is 0.553. The van der Waals surface area contributed by atoms with Crippen LogP contribution in [0.1, 0.15) is 6.92 Å². The molecule has 1 N–H and O–H groups in total. The molecule has 0 radical (unpaired) electrons. The summed E-state index contributed by atoms with van der Waals surface area (Å²) in [6.07, 6.45) is 0. The molecule has 0 aromatic carbocycles. The van der Waals surface area contributed by atoms with Gasteiger partial charge in [0.2, 0.25) is 5.91 Å². The zero-order valence-corrected chi connectivity index (χ0v) is 8.84. The molecule has 0 aromatic rings. The number of imide groups is 1. The fraction of sp³-hybridized carbons (Fsp3) is 0.625. The number of nitrogens with one attached hydrogen (secondary N) is 1. The Morgan fingerprint density at radius 1 is 1.64 bits per heavy atom. The molecule has 0 saturated heterocycles. The Hall–Kier alpha value is -1.28. The normalized spacial score (nSPS) is 11.3. The van der Waals surface area contributed by atoms with Crippen LogP contribution in [-0.4, -0.2) is 36.3 Å². The Labute approximate surface area is 87.6 Å². The number of rotatable bonds is 3. The van der Waals surface area contributed by atoms with Gasteiger partial charge in [-0.25, -0.2) is 4.79 Å². The average Bonchev–Trinajstić information content (AvgIpc) is 2.17. The highest BCUT2D eigenvalue weighted by Gasteiger charge is 2.13. The summed E-state index contributed by atoms with van der Waals surface area (Å²) in [5.41, 5.74) is 0. The lowest BCUT2D eigenvalue weighted by Crippen LogP contribution is -2.42. The van der Waals surface area contributed by atoms with Gasteiger partial charge in [-0.1, -0.05) is 0 Å². The molecule has 0 aliphatic heterocycles. The summed E-state index contributed by atoms with van der Waals surface area (Å²) in [4.78, 5) is 23.2. The topological polar surface area (TPSA) is 73.2 Å². The van der Waals surface area contributed by atoms with E-state index in [1.807, 2.05) is 6.07 Å². The van der Waals surface area contributed by atoms with Crippen LogP contribution in [0.5, 0.6) is 0 Å². The van der Waals surface area contributed by atoms with Gasteiger partial charge in [-0.3, -0.25) is 10.1 Å². The van der Waals surface area contributed by atoms with Crippen LogP contribution in [0, 0.1) is 17.2 Å². The molecule has 0 rings (SSSR count). The zero-order chi connectivity index (χ0) is 11.1. The average molecular weight is 218 g/mol. The lowest BCUT2D eigenvalue weighted by atomic mass is 10.2. The molecule has 5 nitrogen and oxygen atoms in total. The number of carbonyl (C=O) groups is 2. The second-order valence-electron chi connectivity index (χ2n) is 2.90. The fourth-order valence-corrected chi connectivity index (χ4v) is 0.849. The number of halogens is 1. The third kappa shape index (κ3) is 4.67. The lowest BCUT2D eigenvalue weighted by Gasteiger charge is -2.17. The van der Waals surface area contributed by atoms with Crippen molar-refractivity contribution in [1.29, 1.82) is 5.26 Å². The van der Waals surface area contributed by atoms with E-state index in [-0.39, 0.29) is 18.3 Å². The van der Waals surface area contributed by atoms with Gasteiger partial charge in [-0.05, 0) is 6.92 Å². The number of carbonyl (C=O) groups excluding carboxylic acids is 2. The standard InChI is InChI=1S/C8H12ClN3O2/c1-6(4-10)5-12(2)8(14)11-7(13)3-9/h6H,3,5H2,1-2H3,(H,11,13,14). The van der Waals surface area contributed by atoms with E-state index in [1.165, 1.54) is 11.9 Å². The van der Waals surface area contributed by atoms with Crippen molar-refractivity contribution in [3.8, 4) is 6.07 Å². The molecule has 0 aliphatic rings. The minimum Gasteiger partial charge on any atom is -0.326 e. The van der Waals surface area contributed by atoms with Gasteiger partial charge in [0.15, 0.2) is 0 Å². The largest absolute Gasteiger partial charge is 0.326 e. The fourth-order valence-electron chi connectivity index (χ4n) is 0.783. The molecule has 0 bridgehead atoms. The summed E-state index contributed by atoms with van der Waals surface area (Å²) in [7, 11) is 1.50. The molecule has 0 saturated carbocycles. The lowest BCUT2D eigenvalue weighted by molar-refractivity contribution is -0.117. The van der Waals surface area contributed by atoms with Crippen LogP contribution in [0.4, 0.5) is 4.79 Å². The molecule has 78 valence electrons. The van der Waals surface area contributed by atoms with Crippen LogP contribution in [0.2, 0.25) is 0 Å². The van der Waals surface area contributed by atoms with Crippen molar-refractivity contribution in [2.75, 3.05) is 19.5 Å². The van der Waals surface area contributed by atoms with Crippen LogP contribution in [0.15, 0.2) is 0 Å². The third-order valence-corrected chi connectivity index (χ3v) is 1.73. The van der Waals surface area contributed by atoms with E-state index >= 15 is 0 Å². The Bertz CT molecular complexity index is 262. The molecule has 14 heavy (non-hydrogen) atoms. The van der Waals surface area contributed by atoms with Crippen LogP contribution < -0.4 is 5.32 Å². The number of hydrogen-bond donors (Lipinski definition) is 1. The van der Waals surface area contributed by atoms with Gasteiger partial charge in [-0.2, -0.15) is 5.26 Å².